The molecule has 0 aromatic heterocycles. The van der Waals surface area contributed by atoms with E-state index in [1.807, 2.05) is 0 Å². The molecule has 0 aromatic carbocycles. The molecule has 0 aliphatic heterocycles. The van der Waals surface area contributed by atoms with Gasteiger partial charge in [0.1, 0.15) is 0 Å². The second-order valence-electron chi connectivity index (χ2n) is 2.72. The number of carboxylic acid groups (broad SMARTS) is 3. The van der Waals surface area contributed by atoms with Crippen LogP contribution in [0.3, 0.4) is 0 Å². The molecule has 0 saturated heterocycles. The summed E-state index contributed by atoms with van der Waals surface area (Å²) in [5.41, 5.74) is 0. The van der Waals surface area contributed by atoms with Gasteiger partial charge in [-0.25, -0.2) is 0 Å². The molecule has 6 nitrogen and oxygen atoms in total. The van der Waals surface area contributed by atoms with Crippen LogP contribution in [0.25, 0.3) is 0 Å². The molecule has 19 heavy (non-hydrogen) atoms. The Morgan fingerprint density at radius 2 is 0.895 bits per heavy atom. The van der Waals surface area contributed by atoms with Crippen molar-refractivity contribution in [1.82, 2.24) is 0 Å². The molecule has 0 aromatic rings. The molecular weight excluding hydrogens is 288 g/mol. The summed E-state index contributed by atoms with van der Waals surface area (Å²) in [6.45, 7) is 13.0. The molecule has 0 bridgehead atoms. The van der Waals surface area contributed by atoms with Gasteiger partial charge in [0.2, 0.25) is 0 Å². The predicted molar refractivity (Wildman–Crippen MR) is 60.7 cm³/mol. The van der Waals surface area contributed by atoms with Crippen molar-refractivity contribution in [1.29, 1.82) is 0 Å². The molecule has 0 fully saturated rings. The zero-order chi connectivity index (χ0) is 16.4. The van der Waals surface area contributed by atoms with E-state index in [4.69, 9.17) is 29.7 Å². The zero-order valence-electron chi connectivity index (χ0n) is 10.9. The number of rotatable bonds is 3. The Morgan fingerprint density at radius 3 is 0.895 bits per heavy atom. The van der Waals surface area contributed by atoms with Gasteiger partial charge in [0.25, 0.3) is 0 Å². The van der Waals surface area contributed by atoms with Crippen molar-refractivity contribution >= 4 is 17.9 Å². The molecule has 0 rings (SSSR count). The van der Waals surface area contributed by atoms with Crippen molar-refractivity contribution in [2.75, 3.05) is 0 Å². The summed E-state index contributed by atoms with van der Waals surface area (Å²) in [5, 5.41) is 27.4. The number of carbonyl (C=O) groups is 3. The molecule has 0 aliphatic rings. The monoisotopic (exact) mass is 304 g/mol. The Labute approximate surface area is 124 Å². The van der Waals surface area contributed by atoms with Gasteiger partial charge in [-0.3, -0.25) is 0 Å². The van der Waals surface area contributed by atoms with Gasteiger partial charge in [-0.15, -0.1) is 0 Å². The predicted octanol–water partition coefficient (Wildman–Crippen LogP) is -1.87. The molecule has 0 aliphatic carbocycles. The van der Waals surface area contributed by atoms with E-state index in [-0.39, 0.29) is 0 Å². The van der Waals surface area contributed by atoms with E-state index in [9.17, 15) is 0 Å². The molecule has 0 atom stereocenters. The molecule has 0 saturated carbocycles. The molecule has 7 heteroatoms. The fourth-order valence-electron chi connectivity index (χ4n) is 0. The van der Waals surface area contributed by atoms with Crippen molar-refractivity contribution in [3.8, 4) is 0 Å². The van der Waals surface area contributed by atoms with E-state index in [0.29, 0.717) is 0 Å². The van der Waals surface area contributed by atoms with E-state index in [1.165, 1.54) is 0 Å². The number of hydrogen-bond donors (Lipinski definition) is 0. The summed E-state index contributed by atoms with van der Waals surface area (Å²) >= 11 is 2.17. The van der Waals surface area contributed by atoms with E-state index in [2.05, 4.69) is 54.0 Å². The molecule has 0 radical (unpaired) electrons. The standard InChI is InChI=1S/3C3H4O2.C3H7.Ti/c3*1-2-3(4)5;1-3-2;/h3*2H,1H2,(H,4,5);3H,1-2H3;/q;;;;+3/p-3. The Kier molecular flexibility index (Phi) is 29.6. The Morgan fingerprint density at radius 1 is 0.842 bits per heavy atom. The first-order valence-electron chi connectivity index (χ1n) is 4.76. The van der Waals surface area contributed by atoms with Crippen LogP contribution in [0.4, 0.5) is 0 Å². The summed E-state index contributed by atoms with van der Waals surface area (Å²) < 4.78 is 0.833. The van der Waals surface area contributed by atoms with Crippen molar-refractivity contribution in [2.24, 2.45) is 0 Å². The van der Waals surface area contributed by atoms with Crippen LogP contribution in [-0.4, -0.2) is 17.9 Å². The van der Waals surface area contributed by atoms with Crippen molar-refractivity contribution in [3.63, 3.8) is 0 Å². The van der Waals surface area contributed by atoms with Crippen LogP contribution < -0.4 is 15.3 Å². The minimum absolute atomic E-state index is 0.722. The second-order valence-corrected chi connectivity index (χ2v) is 4.53. The first-order chi connectivity index (χ1) is 8.54. The number of carboxylic acids is 3. The second kappa shape index (κ2) is 21.6. The Hall–Kier alpha value is -1.66. The number of hydrogen-bond acceptors (Lipinski definition) is 6. The average molecular weight is 304 g/mol. The molecule has 0 spiro atoms. The first kappa shape index (κ1) is 26.0. The third-order valence-corrected chi connectivity index (χ3v) is 0.500. The van der Waals surface area contributed by atoms with Gasteiger partial charge in [-0.2, -0.15) is 0 Å². The van der Waals surface area contributed by atoms with Gasteiger partial charge in [-0.05, 0) is 18.2 Å². The van der Waals surface area contributed by atoms with Crippen molar-refractivity contribution in [3.05, 3.63) is 38.0 Å². The zero-order valence-corrected chi connectivity index (χ0v) is 12.4. The topological polar surface area (TPSA) is 120 Å². The molecular formula is C12H16O6Ti. The quantitative estimate of drug-likeness (QED) is 0.445. The Balaban J connectivity index is -0.0000000793. The minimum atomic E-state index is -1.23. The van der Waals surface area contributed by atoms with Crippen LogP contribution in [-0.2, 0) is 34.8 Å². The van der Waals surface area contributed by atoms with Gasteiger partial charge in [0, 0.05) is 0 Å². The summed E-state index contributed by atoms with van der Waals surface area (Å²) in [4.78, 5) is 27.4. The SMILES string of the molecule is C=CC(=O)[O-].C=CC(=O)[O-].C=CC(=O)[O-].C[CH](C)[Ti+3]. The third kappa shape index (κ3) is 178. The van der Waals surface area contributed by atoms with E-state index < -0.39 is 17.9 Å². The maximum absolute atomic E-state index is 9.14. The summed E-state index contributed by atoms with van der Waals surface area (Å²) in [6.07, 6.45) is 2.17. The fourth-order valence-corrected chi connectivity index (χ4v) is 0. The molecule has 0 heterocycles. The molecule has 0 unspecified atom stereocenters. The van der Waals surface area contributed by atoms with Crippen molar-refractivity contribution in [2.45, 2.75) is 18.1 Å². The van der Waals surface area contributed by atoms with Gasteiger partial charge in [0.05, 0.1) is 17.9 Å². The Bertz CT molecular complexity index is 251. The first-order valence-corrected chi connectivity index (χ1v) is 5.66. The van der Waals surface area contributed by atoms with Gasteiger partial charge in [0.15, 0.2) is 0 Å². The van der Waals surface area contributed by atoms with Crippen molar-refractivity contribution < 1.29 is 50.1 Å². The normalized spacial score (nSPS) is 7.00. The molecule has 0 amide bonds. The third-order valence-electron chi connectivity index (χ3n) is 0.500. The van der Waals surface area contributed by atoms with Gasteiger partial charge < -0.3 is 29.7 Å². The average Bonchev–Trinajstić information content (AvgIpc) is 2.29. The van der Waals surface area contributed by atoms with Crippen LogP contribution in [0.1, 0.15) is 13.8 Å². The van der Waals surface area contributed by atoms with E-state index >= 15 is 0 Å². The van der Waals surface area contributed by atoms with Crippen LogP contribution >= 0.6 is 0 Å². The van der Waals surface area contributed by atoms with Gasteiger partial charge >= 0.3 is 38.5 Å². The van der Waals surface area contributed by atoms with Crippen LogP contribution in [0.15, 0.2) is 38.0 Å². The summed E-state index contributed by atoms with van der Waals surface area (Å²) in [7, 11) is 0. The van der Waals surface area contributed by atoms with Crippen LogP contribution in [0, 0.1) is 0 Å². The molecule has 0 N–H and O–H groups in total. The van der Waals surface area contributed by atoms with Gasteiger partial charge in [-0.1, -0.05) is 19.7 Å². The number of carbonyl (C=O) groups excluding carboxylic acids is 3. The van der Waals surface area contributed by atoms with Crippen LogP contribution in [0.2, 0.25) is 4.22 Å². The van der Waals surface area contributed by atoms with E-state index in [1.54, 1.807) is 0 Å². The van der Waals surface area contributed by atoms with Crippen LogP contribution in [0.5, 0.6) is 0 Å². The summed E-state index contributed by atoms with van der Waals surface area (Å²) in [5.74, 6) is -3.69. The fraction of sp³-hybridized carbons (Fsp3) is 0.250. The maximum atomic E-state index is 9.14. The molecule has 104 valence electrons. The number of aliphatic carboxylic acids is 3. The summed E-state index contributed by atoms with van der Waals surface area (Å²) in [6, 6.07) is 0. The van der Waals surface area contributed by atoms with E-state index in [0.717, 1.165) is 22.5 Å².